The second-order valence-corrected chi connectivity index (χ2v) is 7.71. The minimum absolute atomic E-state index is 0.0661. The second kappa shape index (κ2) is 8.33. The van der Waals surface area contributed by atoms with Gasteiger partial charge in [-0.25, -0.2) is 8.42 Å². The topological polar surface area (TPSA) is 75.7 Å². The number of amides is 1. The van der Waals surface area contributed by atoms with Gasteiger partial charge in [-0.1, -0.05) is 26.0 Å². The first kappa shape index (κ1) is 19.9. The van der Waals surface area contributed by atoms with E-state index in [4.69, 9.17) is 4.74 Å². The van der Waals surface area contributed by atoms with Crippen LogP contribution in [0.5, 0.6) is 5.75 Å². The Labute approximate surface area is 154 Å². The zero-order chi connectivity index (χ0) is 19.3. The SMILES string of the molecule is CCN(CC)S(=O)(=O)c1ccc(OC)c(C(=O)Nc2cccc(C)c2)c1. The second-order valence-electron chi connectivity index (χ2n) is 5.78. The molecule has 0 unspecified atom stereocenters. The van der Waals surface area contributed by atoms with Crippen molar-refractivity contribution in [1.82, 2.24) is 4.31 Å². The standard InChI is InChI=1S/C19H24N2O4S/c1-5-21(6-2)26(23,24)16-10-11-18(25-4)17(13-16)19(22)20-15-9-7-8-14(3)12-15/h7-13H,5-6H2,1-4H3,(H,20,22). The number of benzene rings is 2. The molecule has 0 bridgehead atoms. The Morgan fingerprint density at radius 2 is 1.81 bits per heavy atom. The van der Waals surface area contributed by atoms with E-state index in [1.807, 2.05) is 25.1 Å². The molecule has 0 fully saturated rings. The fourth-order valence-corrected chi connectivity index (χ4v) is 4.14. The van der Waals surface area contributed by atoms with Crippen molar-refractivity contribution in [2.45, 2.75) is 25.7 Å². The first-order valence-corrected chi connectivity index (χ1v) is 9.83. The van der Waals surface area contributed by atoms with E-state index in [0.29, 0.717) is 24.5 Å². The summed E-state index contributed by atoms with van der Waals surface area (Å²) >= 11 is 0. The fourth-order valence-electron chi connectivity index (χ4n) is 2.66. The summed E-state index contributed by atoms with van der Waals surface area (Å²) in [7, 11) is -2.22. The smallest absolute Gasteiger partial charge is 0.259 e. The Bertz CT molecular complexity index is 890. The number of hydrogen-bond donors (Lipinski definition) is 1. The number of hydrogen-bond acceptors (Lipinski definition) is 4. The summed E-state index contributed by atoms with van der Waals surface area (Å²) in [5.41, 5.74) is 1.81. The van der Waals surface area contributed by atoms with Gasteiger partial charge in [0.05, 0.1) is 17.6 Å². The van der Waals surface area contributed by atoms with Gasteiger partial charge in [0.15, 0.2) is 0 Å². The maximum absolute atomic E-state index is 12.7. The number of rotatable bonds is 7. The van der Waals surface area contributed by atoms with Crippen LogP contribution in [-0.2, 0) is 10.0 Å². The van der Waals surface area contributed by atoms with Crippen LogP contribution in [0.25, 0.3) is 0 Å². The van der Waals surface area contributed by atoms with Crippen LogP contribution in [0.3, 0.4) is 0 Å². The molecule has 0 radical (unpaired) electrons. The van der Waals surface area contributed by atoms with E-state index in [1.54, 1.807) is 19.9 Å². The normalized spacial score (nSPS) is 11.4. The van der Waals surface area contributed by atoms with Crippen LogP contribution in [0, 0.1) is 6.92 Å². The van der Waals surface area contributed by atoms with Crippen LogP contribution in [-0.4, -0.2) is 38.8 Å². The summed E-state index contributed by atoms with van der Waals surface area (Å²) in [5, 5.41) is 2.78. The van der Waals surface area contributed by atoms with Crippen molar-refractivity contribution in [3.8, 4) is 5.75 Å². The molecule has 6 nitrogen and oxygen atoms in total. The van der Waals surface area contributed by atoms with Crippen molar-refractivity contribution < 1.29 is 17.9 Å². The van der Waals surface area contributed by atoms with Crippen LogP contribution in [0.1, 0.15) is 29.8 Å². The number of ether oxygens (including phenoxy) is 1. The van der Waals surface area contributed by atoms with Crippen molar-refractivity contribution in [3.63, 3.8) is 0 Å². The molecule has 0 saturated carbocycles. The van der Waals surface area contributed by atoms with Gasteiger partial charge in [0.2, 0.25) is 10.0 Å². The highest BCUT2D eigenvalue weighted by molar-refractivity contribution is 7.89. The number of carbonyl (C=O) groups excluding carboxylic acids is 1. The lowest BCUT2D eigenvalue weighted by molar-refractivity contribution is 0.102. The first-order chi connectivity index (χ1) is 12.3. The molecule has 140 valence electrons. The van der Waals surface area contributed by atoms with E-state index in [1.165, 1.54) is 29.6 Å². The van der Waals surface area contributed by atoms with Gasteiger partial charge in [-0.05, 0) is 42.8 Å². The minimum Gasteiger partial charge on any atom is -0.496 e. The highest BCUT2D eigenvalue weighted by Gasteiger charge is 2.24. The lowest BCUT2D eigenvalue weighted by Crippen LogP contribution is -2.30. The Kier molecular flexibility index (Phi) is 6.39. The van der Waals surface area contributed by atoms with Crippen LogP contribution in [0.15, 0.2) is 47.4 Å². The lowest BCUT2D eigenvalue weighted by atomic mass is 10.1. The van der Waals surface area contributed by atoms with Gasteiger partial charge in [-0.2, -0.15) is 4.31 Å². The highest BCUT2D eigenvalue weighted by atomic mass is 32.2. The minimum atomic E-state index is -3.66. The zero-order valence-electron chi connectivity index (χ0n) is 15.4. The molecule has 7 heteroatoms. The number of methoxy groups -OCH3 is 1. The summed E-state index contributed by atoms with van der Waals surface area (Å²) in [4.78, 5) is 12.8. The summed E-state index contributed by atoms with van der Waals surface area (Å²) in [6, 6.07) is 11.7. The third kappa shape index (κ3) is 4.23. The molecule has 2 rings (SSSR count). The van der Waals surface area contributed by atoms with Crippen LogP contribution in [0.2, 0.25) is 0 Å². The van der Waals surface area contributed by atoms with Gasteiger partial charge in [-0.15, -0.1) is 0 Å². The summed E-state index contributed by atoms with van der Waals surface area (Å²) < 4.78 is 32.0. The molecule has 0 saturated heterocycles. The van der Waals surface area contributed by atoms with Gasteiger partial charge in [-0.3, -0.25) is 4.79 Å². The monoisotopic (exact) mass is 376 g/mol. The molecule has 2 aromatic carbocycles. The predicted octanol–water partition coefficient (Wildman–Crippen LogP) is 3.29. The van der Waals surface area contributed by atoms with Crippen LogP contribution >= 0.6 is 0 Å². The quantitative estimate of drug-likeness (QED) is 0.805. The Morgan fingerprint density at radius 1 is 1.12 bits per heavy atom. The Balaban J connectivity index is 2.42. The van der Waals surface area contributed by atoms with Gasteiger partial charge in [0.1, 0.15) is 5.75 Å². The summed E-state index contributed by atoms with van der Waals surface area (Å²) in [5.74, 6) is -0.113. The Hall–Kier alpha value is -2.38. The lowest BCUT2D eigenvalue weighted by Gasteiger charge is -2.19. The Morgan fingerprint density at radius 3 is 2.38 bits per heavy atom. The first-order valence-electron chi connectivity index (χ1n) is 8.39. The average molecular weight is 376 g/mol. The van der Waals surface area contributed by atoms with Crippen molar-refractivity contribution >= 4 is 21.6 Å². The van der Waals surface area contributed by atoms with E-state index in [9.17, 15) is 13.2 Å². The van der Waals surface area contributed by atoms with E-state index in [-0.39, 0.29) is 10.5 Å². The summed E-state index contributed by atoms with van der Waals surface area (Å²) in [6.07, 6.45) is 0. The van der Waals surface area contributed by atoms with Gasteiger partial charge in [0, 0.05) is 18.8 Å². The molecule has 0 aliphatic carbocycles. The number of carbonyl (C=O) groups is 1. The number of aryl methyl sites for hydroxylation is 1. The molecule has 0 spiro atoms. The maximum Gasteiger partial charge on any atom is 0.259 e. The molecule has 26 heavy (non-hydrogen) atoms. The molecule has 0 heterocycles. The molecule has 1 amide bonds. The van der Waals surface area contributed by atoms with Gasteiger partial charge >= 0.3 is 0 Å². The number of nitrogens with one attached hydrogen (secondary N) is 1. The molecule has 0 atom stereocenters. The van der Waals surface area contributed by atoms with E-state index < -0.39 is 15.9 Å². The molecule has 0 aliphatic heterocycles. The molecular formula is C19H24N2O4S. The van der Waals surface area contributed by atoms with E-state index >= 15 is 0 Å². The third-order valence-electron chi connectivity index (χ3n) is 4.03. The van der Waals surface area contributed by atoms with Crippen LogP contribution in [0.4, 0.5) is 5.69 Å². The predicted molar refractivity (Wildman–Crippen MR) is 102 cm³/mol. The van der Waals surface area contributed by atoms with Crippen molar-refractivity contribution in [1.29, 1.82) is 0 Å². The molecule has 0 aromatic heterocycles. The van der Waals surface area contributed by atoms with Crippen LogP contribution < -0.4 is 10.1 Å². The van der Waals surface area contributed by atoms with Crippen molar-refractivity contribution in [2.75, 3.05) is 25.5 Å². The molecular weight excluding hydrogens is 352 g/mol. The van der Waals surface area contributed by atoms with Gasteiger partial charge < -0.3 is 10.1 Å². The third-order valence-corrected chi connectivity index (χ3v) is 6.08. The number of sulfonamides is 1. The van der Waals surface area contributed by atoms with Crippen molar-refractivity contribution in [2.24, 2.45) is 0 Å². The average Bonchev–Trinajstić information content (AvgIpc) is 2.61. The molecule has 1 N–H and O–H groups in total. The number of anilines is 1. The fraction of sp³-hybridized carbons (Fsp3) is 0.316. The van der Waals surface area contributed by atoms with E-state index in [0.717, 1.165) is 5.56 Å². The molecule has 2 aromatic rings. The maximum atomic E-state index is 12.7. The molecule has 0 aliphatic rings. The largest absolute Gasteiger partial charge is 0.496 e. The summed E-state index contributed by atoms with van der Waals surface area (Å²) in [6.45, 7) is 6.19. The van der Waals surface area contributed by atoms with Crippen molar-refractivity contribution in [3.05, 3.63) is 53.6 Å². The van der Waals surface area contributed by atoms with E-state index in [2.05, 4.69) is 5.32 Å². The zero-order valence-corrected chi connectivity index (χ0v) is 16.3. The number of nitrogens with zero attached hydrogens (tertiary/aromatic N) is 1. The highest BCUT2D eigenvalue weighted by Crippen LogP contribution is 2.25. The van der Waals surface area contributed by atoms with Gasteiger partial charge in [0.25, 0.3) is 5.91 Å².